The molecule has 0 amide bonds. The first-order valence-corrected chi connectivity index (χ1v) is 16.8. The molecule has 0 aliphatic heterocycles. The van der Waals surface area contributed by atoms with Crippen LogP contribution in [0, 0.1) is 11.8 Å². The predicted molar refractivity (Wildman–Crippen MR) is 179 cm³/mol. The van der Waals surface area contributed by atoms with Crippen molar-refractivity contribution in [3.05, 3.63) is 72.4 Å². The van der Waals surface area contributed by atoms with Crippen LogP contribution in [0.4, 0.5) is 0 Å². The second-order valence-corrected chi connectivity index (χ2v) is 12.8. The number of halogens is 1. The molecule has 2 aromatic carbocycles. The summed E-state index contributed by atoms with van der Waals surface area (Å²) < 4.78 is 5.58. The summed E-state index contributed by atoms with van der Waals surface area (Å²) in [7, 11) is 0. The van der Waals surface area contributed by atoms with Gasteiger partial charge in [-0.1, -0.05) is 134 Å². The summed E-state index contributed by atoms with van der Waals surface area (Å²) >= 11 is 6.42. The van der Waals surface area contributed by atoms with Gasteiger partial charge in [0.05, 0.1) is 5.69 Å². The minimum absolute atomic E-state index is 0.0844. The molecular weight excluding hydrogens is 538 g/mol. The van der Waals surface area contributed by atoms with Crippen molar-refractivity contribution >= 4 is 17.6 Å². The number of alkyl halides is 1. The Labute approximate surface area is 260 Å². The average molecular weight is 590 g/mol. The molecule has 0 saturated heterocycles. The number of aryl methyl sites for hydroxylation is 1. The van der Waals surface area contributed by atoms with Crippen LogP contribution in [0.5, 0.6) is 5.75 Å². The number of esters is 1. The Morgan fingerprint density at radius 1 is 0.714 bits per heavy atom. The number of nitrogens with zero attached hydrogens (tertiary/aromatic N) is 1. The van der Waals surface area contributed by atoms with Crippen molar-refractivity contribution in [2.45, 2.75) is 117 Å². The second kappa shape index (κ2) is 18.8. The van der Waals surface area contributed by atoms with Crippen molar-refractivity contribution in [2.24, 2.45) is 11.8 Å². The highest BCUT2D eigenvalue weighted by molar-refractivity contribution is 6.30. The highest BCUT2D eigenvalue weighted by Gasteiger charge is 2.24. The van der Waals surface area contributed by atoms with Crippen LogP contribution < -0.4 is 4.74 Å². The number of aromatic nitrogens is 1. The fraction of sp³-hybridized carbons (Fsp3) is 0.526. The van der Waals surface area contributed by atoms with Crippen molar-refractivity contribution in [1.29, 1.82) is 0 Å². The van der Waals surface area contributed by atoms with E-state index in [4.69, 9.17) is 21.3 Å². The average Bonchev–Trinajstić information content (AvgIpc) is 3.00. The summed E-state index contributed by atoms with van der Waals surface area (Å²) in [6.45, 7) is 8.72. The molecule has 0 aliphatic carbocycles. The number of carbonyl (C=O) groups is 1. The van der Waals surface area contributed by atoms with E-state index in [1.807, 2.05) is 37.4 Å². The number of ether oxygens (including phenoxy) is 1. The Balaban J connectivity index is 1.43. The normalized spacial score (nSPS) is 12.8. The zero-order valence-electron chi connectivity index (χ0n) is 26.4. The molecule has 1 heterocycles. The molecular formula is C38H52ClNO2. The summed E-state index contributed by atoms with van der Waals surface area (Å²) in [6.07, 6.45) is 18.5. The largest absolute Gasteiger partial charge is 0.425 e. The molecule has 3 rings (SSSR count). The van der Waals surface area contributed by atoms with Crippen LogP contribution in [0.2, 0.25) is 0 Å². The van der Waals surface area contributed by atoms with Gasteiger partial charge < -0.3 is 4.74 Å². The molecule has 0 bridgehead atoms. The fourth-order valence-electron chi connectivity index (χ4n) is 5.33. The third-order valence-corrected chi connectivity index (χ3v) is 8.75. The van der Waals surface area contributed by atoms with Gasteiger partial charge >= 0.3 is 5.97 Å². The summed E-state index contributed by atoms with van der Waals surface area (Å²) in [5.74, 6) is 0.889. The Kier molecular flexibility index (Phi) is 15.1. The van der Waals surface area contributed by atoms with Crippen LogP contribution in [-0.4, -0.2) is 16.3 Å². The Morgan fingerprint density at radius 2 is 1.29 bits per heavy atom. The lowest BCUT2D eigenvalue weighted by atomic mass is 9.97. The SMILES string of the molecule is CCCCCCCCCCCc1ccc(-c2ccc(-c3ccc(OC(=O)C(Cl)C(C)CCCC(C)C)cc3)cc2)nc1. The third kappa shape index (κ3) is 11.9. The molecule has 0 N–H and O–H groups in total. The highest BCUT2D eigenvalue weighted by atomic mass is 35.5. The maximum absolute atomic E-state index is 12.6. The molecule has 2 atom stereocenters. The van der Waals surface area contributed by atoms with Crippen LogP contribution in [0.1, 0.15) is 110 Å². The van der Waals surface area contributed by atoms with Crippen molar-refractivity contribution < 1.29 is 9.53 Å². The Morgan fingerprint density at radius 3 is 1.86 bits per heavy atom. The molecule has 3 aromatic rings. The summed E-state index contributed by atoms with van der Waals surface area (Å²) in [6, 6.07) is 20.4. The standard InChI is InChI=1S/C38H52ClNO2/c1-5-6-7-8-9-10-11-12-13-17-31-18-27-36(40-28-31)34-21-19-32(20-22-34)33-23-25-35(26-24-33)42-38(41)37(39)30(4)16-14-15-29(2)3/h18-30,37H,5-17H2,1-4H3. The quantitative estimate of drug-likeness (QED) is 0.0604. The van der Waals surface area contributed by atoms with Gasteiger partial charge in [0.25, 0.3) is 0 Å². The highest BCUT2D eigenvalue weighted by Crippen LogP contribution is 2.27. The first-order valence-electron chi connectivity index (χ1n) is 16.4. The minimum Gasteiger partial charge on any atom is -0.425 e. The minimum atomic E-state index is -0.637. The first kappa shape index (κ1) is 33.8. The fourth-order valence-corrected chi connectivity index (χ4v) is 5.50. The van der Waals surface area contributed by atoms with Gasteiger partial charge in [0.15, 0.2) is 0 Å². The lowest BCUT2D eigenvalue weighted by molar-refractivity contribution is -0.134. The Bertz CT molecular complexity index is 1160. The van der Waals surface area contributed by atoms with Gasteiger partial charge in [-0.3, -0.25) is 9.78 Å². The van der Waals surface area contributed by atoms with E-state index < -0.39 is 5.38 Å². The number of carbonyl (C=O) groups excluding carboxylic acids is 1. The van der Waals surface area contributed by atoms with E-state index in [1.165, 1.54) is 63.4 Å². The summed E-state index contributed by atoms with van der Waals surface area (Å²) in [4.78, 5) is 17.3. The third-order valence-electron chi connectivity index (χ3n) is 8.15. The second-order valence-electron chi connectivity index (χ2n) is 12.4. The molecule has 0 saturated carbocycles. The van der Waals surface area contributed by atoms with Gasteiger partial charge in [0.1, 0.15) is 11.1 Å². The van der Waals surface area contributed by atoms with Gasteiger partial charge in [0.2, 0.25) is 0 Å². The monoisotopic (exact) mass is 589 g/mol. The maximum Gasteiger partial charge on any atom is 0.329 e. The van der Waals surface area contributed by atoms with E-state index in [2.05, 4.69) is 57.2 Å². The zero-order chi connectivity index (χ0) is 30.2. The molecule has 0 aliphatic rings. The van der Waals surface area contributed by atoms with Gasteiger partial charge in [-0.2, -0.15) is 0 Å². The van der Waals surface area contributed by atoms with Crippen LogP contribution in [0.25, 0.3) is 22.4 Å². The number of pyridine rings is 1. The lowest BCUT2D eigenvalue weighted by Gasteiger charge is -2.17. The van der Waals surface area contributed by atoms with E-state index in [9.17, 15) is 4.79 Å². The van der Waals surface area contributed by atoms with Gasteiger partial charge in [-0.05, 0) is 66.0 Å². The van der Waals surface area contributed by atoms with E-state index in [0.717, 1.165) is 48.1 Å². The number of rotatable bonds is 19. The topological polar surface area (TPSA) is 39.2 Å². The predicted octanol–water partition coefficient (Wildman–Crippen LogP) is 11.5. The molecule has 0 radical (unpaired) electrons. The van der Waals surface area contributed by atoms with Gasteiger partial charge in [-0.25, -0.2) is 0 Å². The van der Waals surface area contributed by atoms with Gasteiger partial charge in [-0.15, -0.1) is 11.6 Å². The molecule has 4 heteroatoms. The van der Waals surface area contributed by atoms with Crippen LogP contribution in [0.15, 0.2) is 66.9 Å². The van der Waals surface area contributed by atoms with E-state index in [-0.39, 0.29) is 11.9 Å². The molecule has 228 valence electrons. The summed E-state index contributed by atoms with van der Waals surface area (Å²) in [5.41, 5.74) is 5.59. The van der Waals surface area contributed by atoms with Crippen molar-refractivity contribution in [3.63, 3.8) is 0 Å². The van der Waals surface area contributed by atoms with Crippen LogP contribution in [0.3, 0.4) is 0 Å². The first-order chi connectivity index (χ1) is 20.4. The van der Waals surface area contributed by atoms with E-state index >= 15 is 0 Å². The Hall–Kier alpha value is -2.65. The maximum atomic E-state index is 12.6. The number of benzene rings is 2. The lowest BCUT2D eigenvalue weighted by Crippen LogP contribution is -2.27. The molecule has 3 nitrogen and oxygen atoms in total. The molecule has 2 unspecified atom stereocenters. The summed E-state index contributed by atoms with van der Waals surface area (Å²) in [5, 5.41) is -0.637. The smallest absolute Gasteiger partial charge is 0.329 e. The van der Waals surface area contributed by atoms with Crippen molar-refractivity contribution in [3.8, 4) is 28.1 Å². The number of unbranched alkanes of at least 4 members (excludes halogenated alkanes) is 8. The molecule has 0 fully saturated rings. The molecule has 1 aromatic heterocycles. The molecule has 0 spiro atoms. The van der Waals surface area contributed by atoms with Crippen LogP contribution >= 0.6 is 11.6 Å². The zero-order valence-corrected chi connectivity index (χ0v) is 27.2. The number of hydrogen-bond donors (Lipinski definition) is 0. The molecule has 42 heavy (non-hydrogen) atoms. The van der Waals surface area contributed by atoms with E-state index in [0.29, 0.717) is 11.7 Å². The van der Waals surface area contributed by atoms with Crippen molar-refractivity contribution in [2.75, 3.05) is 0 Å². The van der Waals surface area contributed by atoms with E-state index in [1.54, 1.807) is 0 Å². The van der Waals surface area contributed by atoms with Gasteiger partial charge in [0, 0.05) is 11.8 Å². The van der Waals surface area contributed by atoms with Crippen molar-refractivity contribution in [1.82, 2.24) is 4.98 Å². The van der Waals surface area contributed by atoms with Crippen LogP contribution in [-0.2, 0) is 11.2 Å². The number of hydrogen-bond acceptors (Lipinski definition) is 3.